The van der Waals surface area contributed by atoms with Crippen LogP contribution in [0.5, 0.6) is 5.75 Å². The van der Waals surface area contributed by atoms with Crippen LogP contribution in [0, 0.1) is 18.3 Å². The van der Waals surface area contributed by atoms with Crippen molar-refractivity contribution in [3.05, 3.63) is 41.6 Å². The van der Waals surface area contributed by atoms with Crippen LogP contribution in [0.4, 0.5) is 5.82 Å². The summed E-state index contributed by atoms with van der Waals surface area (Å²) in [6.07, 6.45) is -0.727. The van der Waals surface area contributed by atoms with E-state index in [0.717, 1.165) is 5.69 Å². The highest BCUT2D eigenvalue weighted by Crippen LogP contribution is 2.18. The van der Waals surface area contributed by atoms with Gasteiger partial charge in [-0.3, -0.25) is 9.48 Å². The topological polar surface area (TPSA) is 79.9 Å². The third-order valence-corrected chi connectivity index (χ3v) is 2.93. The number of carbonyl (C=O) groups is 1. The van der Waals surface area contributed by atoms with Crippen LogP contribution in [0.3, 0.4) is 0 Å². The van der Waals surface area contributed by atoms with Gasteiger partial charge in [-0.2, -0.15) is 10.4 Å². The Morgan fingerprint density at radius 3 is 2.81 bits per heavy atom. The van der Waals surface area contributed by atoms with Gasteiger partial charge in [0.05, 0.1) is 11.3 Å². The summed E-state index contributed by atoms with van der Waals surface area (Å²) in [4.78, 5) is 12.1. The van der Waals surface area contributed by atoms with Gasteiger partial charge in [0.25, 0.3) is 5.91 Å². The van der Waals surface area contributed by atoms with Crippen LogP contribution >= 0.6 is 0 Å². The smallest absolute Gasteiger partial charge is 0.266 e. The predicted molar refractivity (Wildman–Crippen MR) is 77.8 cm³/mol. The molecule has 6 nitrogen and oxygen atoms in total. The Kier molecular flexibility index (Phi) is 4.24. The largest absolute Gasteiger partial charge is 0.480 e. The number of hydrogen-bond donors (Lipinski definition) is 1. The van der Waals surface area contributed by atoms with Gasteiger partial charge in [-0.1, -0.05) is 12.1 Å². The van der Waals surface area contributed by atoms with E-state index in [2.05, 4.69) is 10.4 Å². The first kappa shape index (κ1) is 14.6. The van der Waals surface area contributed by atoms with Crippen LogP contribution in [0.1, 0.15) is 18.2 Å². The molecule has 0 spiro atoms. The zero-order chi connectivity index (χ0) is 15.4. The molecule has 0 aliphatic heterocycles. The quantitative estimate of drug-likeness (QED) is 0.931. The Morgan fingerprint density at radius 1 is 1.48 bits per heavy atom. The zero-order valence-electron chi connectivity index (χ0n) is 12.1. The lowest BCUT2D eigenvalue weighted by molar-refractivity contribution is -0.122. The first-order valence-electron chi connectivity index (χ1n) is 6.48. The van der Waals surface area contributed by atoms with E-state index < -0.39 is 6.10 Å². The first-order chi connectivity index (χ1) is 10.0. The van der Waals surface area contributed by atoms with Crippen molar-refractivity contribution in [1.82, 2.24) is 9.78 Å². The number of hydrogen-bond acceptors (Lipinski definition) is 4. The van der Waals surface area contributed by atoms with Gasteiger partial charge < -0.3 is 10.1 Å². The van der Waals surface area contributed by atoms with Crippen molar-refractivity contribution in [2.75, 3.05) is 5.32 Å². The molecule has 6 heteroatoms. The summed E-state index contributed by atoms with van der Waals surface area (Å²) >= 11 is 0. The van der Waals surface area contributed by atoms with E-state index in [1.165, 1.54) is 0 Å². The van der Waals surface area contributed by atoms with Crippen molar-refractivity contribution in [2.45, 2.75) is 20.0 Å². The van der Waals surface area contributed by atoms with Gasteiger partial charge in [0.15, 0.2) is 6.10 Å². The summed E-state index contributed by atoms with van der Waals surface area (Å²) in [6, 6.07) is 10.6. The van der Waals surface area contributed by atoms with Gasteiger partial charge >= 0.3 is 0 Å². The Morgan fingerprint density at radius 2 is 2.19 bits per heavy atom. The number of ether oxygens (including phenoxy) is 1. The molecule has 21 heavy (non-hydrogen) atoms. The second kappa shape index (κ2) is 6.09. The Hall–Kier alpha value is -2.81. The van der Waals surface area contributed by atoms with Crippen LogP contribution in [-0.4, -0.2) is 21.8 Å². The van der Waals surface area contributed by atoms with E-state index in [1.54, 1.807) is 49.0 Å². The fourth-order valence-electron chi connectivity index (χ4n) is 1.86. The van der Waals surface area contributed by atoms with Gasteiger partial charge in [0, 0.05) is 13.1 Å². The molecule has 0 saturated heterocycles. The van der Waals surface area contributed by atoms with Crippen molar-refractivity contribution in [1.29, 1.82) is 5.26 Å². The van der Waals surface area contributed by atoms with E-state index in [9.17, 15) is 4.79 Å². The third-order valence-electron chi connectivity index (χ3n) is 2.93. The fraction of sp³-hybridized carbons (Fsp3) is 0.267. The number of amides is 1. The number of carbonyl (C=O) groups excluding carboxylic acids is 1. The molecule has 1 aromatic carbocycles. The molecule has 1 heterocycles. The monoisotopic (exact) mass is 284 g/mol. The maximum absolute atomic E-state index is 12.1. The number of para-hydroxylation sites is 1. The summed E-state index contributed by atoms with van der Waals surface area (Å²) < 4.78 is 7.14. The summed E-state index contributed by atoms with van der Waals surface area (Å²) in [5.41, 5.74) is 1.21. The van der Waals surface area contributed by atoms with Crippen LogP contribution < -0.4 is 10.1 Å². The lowest BCUT2D eigenvalue weighted by atomic mass is 10.2. The maximum Gasteiger partial charge on any atom is 0.266 e. The molecule has 0 saturated carbocycles. The van der Waals surface area contributed by atoms with Crippen LogP contribution in [0.25, 0.3) is 0 Å². The summed E-state index contributed by atoms with van der Waals surface area (Å²) in [5, 5.41) is 15.9. The van der Waals surface area contributed by atoms with Gasteiger partial charge in [-0.25, -0.2) is 0 Å². The molecule has 2 aromatic rings. The number of aryl methyl sites for hydroxylation is 2. The number of nitriles is 1. The van der Waals surface area contributed by atoms with Gasteiger partial charge in [-0.15, -0.1) is 0 Å². The molecule has 0 aliphatic rings. The Bertz CT molecular complexity index is 700. The molecule has 1 amide bonds. The molecule has 0 bridgehead atoms. The molecule has 2 rings (SSSR count). The lowest BCUT2D eigenvalue weighted by Crippen LogP contribution is -2.31. The van der Waals surface area contributed by atoms with Crippen LogP contribution in [0.15, 0.2) is 30.3 Å². The second-order valence-electron chi connectivity index (χ2n) is 4.65. The first-order valence-corrected chi connectivity index (χ1v) is 6.48. The zero-order valence-corrected chi connectivity index (χ0v) is 12.1. The maximum atomic E-state index is 12.1. The fourth-order valence-corrected chi connectivity index (χ4v) is 1.86. The minimum absolute atomic E-state index is 0.300. The lowest BCUT2D eigenvalue weighted by Gasteiger charge is -2.15. The number of nitrogens with one attached hydrogen (secondary N) is 1. The second-order valence-corrected chi connectivity index (χ2v) is 4.65. The van der Waals surface area contributed by atoms with Gasteiger partial charge in [0.1, 0.15) is 17.6 Å². The third kappa shape index (κ3) is 3.39. The molecular weight excluding hydrogens is 268 g/mol. The van der Waals surface area contributed by atoms with E-state index in [4.69, 9.17) is 10.00 Å². The number of rotatable bonds is 4. The van der Waals surface area contributed by atoms with E-state index >= 15 is 0 Å². The van der Waals surface area contributed by atoms with Crippen molar-refractivity contribution in [2.24, 2.45) is 7.05 Å². The SMILES string of the molecule is Cc1cc(NC(=O)C(C)Oc2ccccc2C#N)n(C)n1. The van der Waals surface area contributed by atoms with E-state index in [-0.39, 0.29) is 5.91 Å². The molecule has 0 aliphatic carbocycles. The minimum atomic E-state index is -0.727. The van der Waals surface area contributed by atoms with Crippen molar-refractivity contribution < 1.29 is 9.53 Å². The standard InChI is InChI=1S/C15H16N4O2/c1-10-8-14(19(3)18-10)17-15(20)11(2)21-13-7-5-4-6-12(13)9-16/h4-8,11H,1-3H3,(H,17,20). The molecule has 0 fully saturated rings. The highest BCUT2D eigenvalue weighted by molar-refractivity contribution is 5.93. The van der Waals surface area contributed by atoms with Crippen LogP contribution in [-0.2, 0) is 11.8 Å². The van der Waals surface area contributed by atoms with Crippen molar-refractivity contribution >= 4 is 11.7 Å². The Labute approximate surface area is 123 Å². The molecule has 1 N–H and O–H groups in total. The van der Waals surface area contributed by atoms with E-state index in [0.29, 0.717) is 17.1 Å². The normalized spacial score (nSPS) is 11.5. The molecule has 1 unspecified atom stereocenters. The number of benzene rings is 1. The average Bonchev–Trinajstić information content (AvgIpc) is 2.77. The van der Waals surface area contributed by atoms with Gasteiger partial charge in [0.2, 0.25) is 0 Å². The predicted octanol–water partition coefficient (Wildman–Crippen LogP) is 2.01. The minimum Gasteiger partial charge on any atom is -0.480 e. The van der Waals surface area contributed by atoms with E-state index in [1.807, 2.05) is 13.0 Å². The molecule has 1 aromatic heterocycles. The molecular formula is C15H16N4O2. The van der Waals surface area contributed by atoms with Crippen molar-refractivity contribution in [3.8, 4) is 11.8 Å². The summed E-state index contributed by atoms with van der Waals surface area (Å²) in [5.74, 6) is 0.691. The molecule has 108 valence electrons. The highest BCUT2D eigenvalue weighted by atomic mass is 16.5. The summed E-state index contributed by atoms with van der Waals surface area (Å²) in [6.45, 7) is 3.48. The number of nitrogens with zero attached hydrogens (tertiary/aromatic N) is 3. The molecule has 0 radical (unpaired) electrons. The molecule has 1 atom stereocenters. The number of aromatic nitrogens is 2. The average molecular weight is 284 g/mol. The van der Waals surface area contributed by atoms with Crippen LogP contribution in [0.2, 0.25) is 0 Å². The van der Waals surface area contributed by atoms with Gasteiger partial charge in [-0.05, 0) is 26.0 Å². The Balaban J connectivity index is 2.06. The highest BCUT2D eigenvalue weighted by Gasteiger charge is 2.17. The number of anilines is 1. The van der Waals surface area contributed by atoms with Crippen molar-refractivity contribution in [3.63, 3.8) is 0 Å². The summed E-state index contributed by atoms with van der Waals surface area (Å²) in [7, 11) is 1.75.